The first-order valence-electron chi connectivity index (χ1n) is 8.92. The highest BCUT2D eigenvalue weighted by molar-refractivity contribution is 8.07. The maximum absolute atomic E-state index is 12.9. The summed E-state index contributed by atoms with van der Waals surface area (Å²) in [6, 6.07) is 4.80. The van der Waals surface area contributed by atoms with Crippen molar-refractivity contribution in [1.82, 2.24) is 4.90 Å². The van der Waals surface area contributed by atoms with E-state index in [9.17, 15) is 14.7 Å². The number of allylic oxidation sites excluding steroid dienone is 1. The maximum atomic E-state index is 12.9. The lowest BCUT2D eigenvalue weighted by Crippen LogP contribution is -2.35. The molecule has 0 saturated heterocycles. The number of carboxylic acids is 1. The fourth-order valence-electron chi connectivity index (χ4n) is 2.80. The van der Waals surface area contributed by atoms with Gasteiger partial charge in [0.25, 0.3) is 0 Å². The van der Waals surface area contributed by atoms with E-state index in [2.05, 4.69) is 0 Å². The van der Waals surface area contributed by atoms with Gasteiger partial charge in [0.15, 0.2) is 5.78 Å². The van der Waals surface area contributed by atoms with Crippen LogP contribution in [0.1, 0.15) is 44.0 Å². The van der Waals surface area contributed by atoms with Crippen molar-refractivity contribution < 1.29 is 19.4 Å². The molecule has 0 fully saturated rings. The first-order chi connectivity index (χ1) is 13.1. The average molecular weight is 425 g/mol. The number of unbranched alkanes of at least 4 members (excludes halogenated alkanes) is 1. The number of nitrogens with two attached hydrogens (primary N) is 1. The molecule has 3 N–H and O–H groups in total. The van der Waals surface area contributed by atoms with Crippen molar-refractivity contribution in [2.24, 2.45) is 5.73 Å². The topological polar surface area (TPSA) is 92.9 Å². The number of carboxylic acid groups (broad SMARTS) is 1. The largest absolute Gasteiger partial charge is 0.496 e. The van der Waals surface area contributed by atoms with E-state index in [1.807, 2.05) is 6.92 Å². The van der Waals surface area contributed by atoms with E-state index < -0.39 is 11.5 Å². The number of carbonyl (C=O) groups is 2. The molecule has 0 bridgehead atoms. The Labute approximate surface area is 174 Å². The Morgan fingerprint density at radius 2 is 2.07 bits per heavy atom. The van der Waals surface area contributed by atoms with Gasteiger partial charge in [0.2, 0.25) is 0 Å². The zero-order valence-electron chi connectivity index (χ0n) is 16.4. The van der Waals surface area contributed by atoms with E-state index in [0.29, 0.717) is 32.8 Å². The monoisotopic (exact) mass is 424 g/mol. The molecule has 0 aromatic heterocycles. The van der Waals surface area contributed by atoms with Crippen LogP contribution in [-0.4, -0.2) is 41.0 Å². The standard InChI is InChI=1S/C20H25ClN2O4S/c1-5-6-9-23-16(28-18(20(2,3)22)17(23)19(25)26)11-14(24)13-10-12(21)7-8-15(13)27-4/h7-8,10-11H,5-6,9,22H2,1-4H3,(H,25,26). The molecule has 1 aliphatic heterocycles. The number of thioether (sulfide) groups is 1. The van der Waals surface area contributed by atoms with Crippen LogP contribution in [0.2, 0.25) is 5.02 Å². The molecule has 1 aromatic rings. The minimum Gasteiger partial charge on any atom is -0.496 e. The van der Waals surface area contributed by atoms with Crippen molar-refractivity contribution in [2.45, 2.75) is 39.2 Å². The summed E-state index contributed by atoms with van der Waals surface area (Å²) in [5.74, 6) is -0.974. The van der Waals surface area contributed by atoms with Gasteiger partial charge in [-0.25, -0.2) is 4.79 Å². The second-order valence-electron chi connectivity index (χ2n) is 7.00. The van der Waals surface area contributed by atoms with Gasteiger partial charge in [0, 0.05) is 28.1 Å². The summed E-state index contributed by atoms with van der Waals surface area (Å²) in [5.41, 5.74) is 5.80. The molecule has 0 saturated carbocycles. The third-order valence-electron chi connectivity index (χ3n) is 4.16. The molecule has 0 amide bonds. The number of ketones is 1. The van der Waals surface area contributed by atoms with Crippen LogP contribution >= 0.6 is 23.4 Å². The Balaban J connectivity index is 2.50. The Kier molecular flexibility index (Phi) is 7.20. The van der Waals surface area contributed by atoms with Gasteiger partial charge in [0.05, 0.1) is 17.7 Å². The first-order valence-corrected chi connectivity index (χ1v) is 10.1. The average Bonchev–Trinajstić information content (AvgIpc) is 2.98. The Morgan fingerprint density at radius 1 is 1.39 bits per heavy atom. The third-order valence-corrected chi connectivity index (χ3v) is 5.87. The lowest BCUT2D eigenvalue weighted by Gasteiger charge is -2.22. The van der Waals surface area contributed by atoms with Crippen LogP contribution in [0.3, 0.4) is 0 Å². The zero-order valence-corrected chi connectivity index (χ0v) is 18.0. The maximum Gasteiger partial charge on any atom is 0.353 e. The lowest BCUT2D eigenvalue weighted by atomic mass is 10.0. The Bertz CT molecular complexity index is 843. The molecule has 28 heavy (non-hydrogen) atoms. The number of rotatable bonds is 8. The minimum absolute atomic E-state index is 0.128. The van der Waals surface area contributed by atoms with Crippen LogP contribution in [0.5, 0.6) is 5.75 Å². The second kappa shape index (κ2) is 9.03. The zero-order chi connectivity index (χ0) is 21.1. The number of aliphatic carboxylic acids is 1. The van der Waals surface area contributed by atoms with E-state index in [-0.39, 0.29) is 11.5 Å². The summed E-state index contributed by atoms with van der Waals surface area (Å²) in [5, 5.41) is 10.7. The number of hydrogen-bond acceptors (Lipinski definition) is 6. The minimum atomic E-state index is -1.06. The van der Waals surface area contributed by atoms with Crippen molar-refractivity contribution in [3.8, 4) is 5.75 Å². The molecule has 152 valence electrons. The predicted octanol–water partition coefficient (Wildman–Crippen LogP) is 4.26. The van der Waals surface area contributed by atoms with Gasteiger partial charge in [-0.15, -0.1) is 0 Å². The fourth-order valence-corrected chi connectivity index (χ4v) is 4.20. The summed E-state index contributed by atoms with van der Waals surface area (Å²) >= 11 is 7.25. The molecule has 6 nitrogen and oxygen atoms in total. The molecule has 0 unspecified atom stereocenters. The number of carbonyl (C=O) groups excluding carboxylic acids is 1. The van der Waals surface area contributed by atoms with E-state index in [1.54, 1.807) is 30.9 Å². The van der Waals surface area contributed by atoms with E-state index in [4.69, 9.17) is 22.1 Å². The SMILES string of the molecule is CCCCN1C(=CC(=O)c2cc(Cl)ccc2OC)SC(C(C)(C)N)=C1C(=O)O. The van der Waals surface area contributed by atoms with Crippen molar-refractivity contribution in [1.29, 1.82) is 0 Å². The van der Waals surface area contributed by atoms with E-state index >= 15 is 0 Å². The van der Waals surface area contributed by atoms with Gasteiger partial charge in [-0.2, -0.15) is 0 Å². The molecule has 1 aromatic carbocycles. The van der Waals surface area contributed by atoms with Crippen molar-refractivity contribution in [3.63, 3.8) is 0 Å². The third kappa shape index (κ3) is 4.90. The summed E-state index contributed by atoms with van der Waals surface area (Å²) in [4.78, 5) is 27.1. The van der Waals surface area contributed by atoms with Crippen LogP contribution in [0.25, 0.3) is 0 Å². The van der Waals surface area contributed by atoms with Crippen LogP contribution < -0.4 is 10.5 Å². The molecule has 2 rings (SSSR count). The van der Waals surface area contributed by atoms with Gasteiger partial charge < -0.3 is 20.5 Å². The molecule has 0 radical (unpaired) electrons. The first kappa shape index (κ1) is 22.3. The predicted molar refractivity (Wildman–Crippen MR) is 113 cm³/mol. The lowest BCUT2D eigenvalue weighted by molar-refractivity contribution is -0.134. The fraction of sp³-hybridized carbons (Fsp3) is 0.400. The van der Waals surface area contributed by atoms with Gasteiger partial charge in [-0.1, -0.05) is 36.7 Å². The molecular formula is C20H25ClN2O4S. The molecule has 0 spiro atoms. The smallest absolute Gasteiger partial charge is 0.353 e. The van der Waals surface area contributed by atoms with Crippen molar-refractivity contribution in [2.75, 3.05) is 13.7 Å². The van der Waals surface area contributed by atoms with Crippen LogP contribution in [0.15, 0.2) is 39.9 Å². The second-order valence-corrected chi connectivity index (χ2v) is 8.47. The highest BCUT2D eigenvalue weighted by Crippen LogP contribution is 2.46. The van der Waals surface area contributed by atoms with Gasteiger partial charge >= 0.3 is 5.97 Å². The molecule has 1 heterocycles. The number of nitrogens with zero attached hydrogens (tertiary/aromatic N) is 1. The normalized spacial score (nSPS) is 16.1. The van der Waals surface area contributed by atoms with E-state index in [1.165, 1.54) is 31.0 Å². The summed E-state index contributed by atoms with van der Waals surface area (Å²) in [6.45, 7) is 6.01. The van der Waals surface area contributed by atoms with Gasteiger partial charge in [-0.3, -0.25) is 4.79 Å². The highest BCUT2D eigenvalue weighted by atomic mass is 35.5. The molecule has 0 aliphatic carbocycles. The number of methoxy groups -OCH3 is 1. The molecule has 0 atom stereocenters. The van der Waals surface area contributed by atoms with Crippen LogP contribution in [-0.2, 0) is 4.79 Å². The molecular weight excluding hydrogens is 400 g/mol. The van der Waals surface area contributed by atoms with Crippen LogP contribution in [0, 0.1) is 0 Å². The summed E-state index contributed by atoms with van der Waals surface area (Å²) < 4.78 is 5.26. The Hall–Kier alpha value is -1.96. The van der Waals surface area contributed by atoms with E-state index in [0.717, 1.165) is 12.8 Å². The number of hydrogen-bond donors (Lipinski definition) is 2. The number of benzene rings is 1. The Morgan fingerprint density at radius 3 is 2.61 bits per heavy atom. The summed E-state index contributed by atoms with van der Waals surface area (Å²) in [6.07, 6.45) is 3.09. The molecule has 1 aliphatic rings. The summed E-state index contributed by atoms with van der Waals surface area (Å²) in [7, 11) is 1.48. The number of halogens is 1. The van der Waals surface area contributed by atoms with Crippen molar-refractivity contribution >= 4 is 35.1 Å². The van der Waals surface area contributed by atoms with Crippen molar-refractivity contribution in [3.05, 3.63) is 50.5 Å². The highest BCUT2D eigenvalue weighted by Gasteiger charge is 2.38. The van der Waals surface area contributed by atoms with Crippen LogP contribution in [0.4, 0.5) is 0 Å². The van der Waals surface area contributed by atoms with Gasteiger partial charge in [0.1, 0.15) is 11.4 Å². The number of ether oxygens (including phenoxy) is 1. The molecule has 8 heteroatoms. The quantitative estimate of drug-likeness (QED) is 0.475. The van der Waals surface area contributed by atoms with Gasteiger partial charge in [-0.05, 0) is 38.5 Å².